The number of hydrogen-bond acceptors (Lipinski definition) is 4. The average molecular weight is 606 g/mol. The molecule has 0 saturated carbocycles. The lowest BCUT2D eigenvalue weighted by Gasteiger charge is -2.28. The first-order valence-electron chi connectivity index (χ1n) is 11.5. The maximum atomic E-state index is 13.3. The maximum Gasteiger partial charge on any atom is 0.251 e. The summed E-state index contributed by atoms with van der Waals surface area (Å²) in [6, 6.07) is 15.2. The largest absolute Gasteiger partial charge is 0.507 e. The van der Waals surface area contributed by atoms with Crippen LogP contribution in [-0.2, 0) is 10.8 Å². The first kappa shape index (κ1) is 28.8. The van der Waals surface area contributed by atoms with E-state index in [0.717, 1.165) is 27.4 Å². The number of amides is 1. The van der Waals surface area contributed by atoms with Gasteiger partial charge in [0.05, 0.1) is 12.4 Å². The molecule has 35 heavy (non-hydrogen) atoms. The van der Waals surface area contributed by atoms with Gasteiger partial charge < -0.3 is 15.7 Å². The van der Waals surface area contributed by atoms with Gasteiger partial charge in [-0.2, -0.15) is 0 Å². The van der Waals surface area contributed by atoms with Crippen LogP contribution in [-0.4, -0.2) is 17.4 Å². The number of hydrogen-bond donors (Lipinski definition) is 3. The quantitative estimate of drug-likeness (QED) is 0.152. The second-order valence-corrected chi connectivity index (χ2v) is 11.5. The van der Waals surface area contributed by atoms with Crippen LogP contribution in [0.4, 0.5) is 10.7 Å². The third kappa shape index (κ3) is 7.30. The summed E-state index contributed by atoms with van der Waals surface area (Å²) < 4.78 is 0. The predicted molar refractivity (Wildman–Crippen MR) is 159 cm³/mol. The van der Waals surface area contributed by atoms with E-state index < -0.39 is 0 Å². The zero-order chi connectivity index (χ0) is 25.1. The summed E-state index contributed by atoms with van der Waals surface area (Å²) in [4.78, 5) is 17.8. The van der Waals surface area contributed by atoms with E-state index in [1.807, 2.05) is 102 Å². The summed E-state index contributed by atoms with van der Waals surface area (Å²) in [6.45, 7) is 14.2. The van der Waals surface area contributed by atoms with E-state index in [1.54, 1.807) is 17.7 Å². The molecule has 1 amide bonds. The molecule has 7 heteroatoms. The fraction of sp³-hybridized carbons (Fsp3) is 0.357. The van der Waals surface area contributed by atoms with E-state index in [9.17, 15) is 9.90 Å². The number of carbonyl (C=O) groups excluding carboxylic acids is 1. The molecule has 3 aromatic rings. The minimum atomic E-state index is -0.301. The van der Waals surface area contributed by atoms with Gasteiger partial charge in [-0.05, 0) is 59.0 Å². The second-order valence-electron chi connectivity index (χ2n) is 10.6. The lowest BCUT2D eigenvalue weighted by Crippen LogP contribution is -2.28. The van der Waals surface area contributed by atoms with Crippen LogP contribution in [0.25, 0.3) is 0 Å². The minimum Gasteiger partial charge on any atom is -0.507 e. The lowest BCUT2D eigenvalue weighted by molar-refractivity contribution is 0.0939. The number of anilines is 1. The first-order chi connectivity index (χ1) is 15.9. The van der Waals surface area contributed by atoms with E-state index in [1.165, 1.54) is 0 Å². The molecule has 0 radical (unpaired) electrons. The molecule has 0 bridgehead atoms. The van der Waals surface area contributed by atoms with Crippen molar-refractivity contribution in [1.29, 1.82) is 0 Å². The Kier molecular flexibility index (Phi) is 9.53. The van der Waals surface area contributed by atoms with Crippen molar-refractivity contribution < 1.29 is 9.90 Å². The highest BCUT2D eigenvalue weighted by Gasteiger charge is 2.28. The van der Waals surface area contributed by atoms with Crippen molar-refractivity contribution in [1.82, 2.24) is 5.32 Å². The monoisotopic (exact) mass is 605 g/mol. The van der Waals surface area contributed by atoms with Crippen LogP contribution >= 0.6 is 35.3 Å². The topological polar surface area (TPSA) is 73.7 Å². The summed E-state index contributed by atoms with van der Waals surface area (Å²) in [7, 11) is 0. The third-order valence-corrected chi connectivity index (χ3v) is 6.46. The zero-order valence-corrected chi connectivity index (χ0v) is 24.6. The van der Waals surface area contributed by atoms with Crippen molar-refractivity contribution >= 4 is 58.2 Å². The number of thiophene rings is 1. The third-order valence-electron chi connectivity index (χ3n) is 5.68. The van der Waals surface area contributed by atoms with Crippen LogP contribution in [0.1, 0.15) is 81.6 Å². The normalized spacial score (nSPS) is 12.8. The molecule has 2 aromatic carbocycles. The molecular formula is C28H36IN3O2S. The van der Waals surface area contributed by atoms with E-state index in [-0.39, 0.29) is 52.5 Å². The lowest BCUT2D eigenvalue weighted by atomic mass is 9.78. The fourth-order valence-electron chi connectivity index (χ4n) is 3.78. The van der Waals surface area contributed by atoms with Crippen LogP contribution in [0.2, 0.25) is 0 Å². The molecule has 1 aromatic heterocycles. The summed E-state index contributed by atoms with van der Waals surface area (Å²) in [5, 5.41) is 20.2. The van der Waals surface area contributed by atoms with Gasteiger partial charge in [0.25, 0.3) is 5.91 Å². The number of nitrogens with one attached hydrogen (secondary N) is 2. The van der Waals surface area contributed by atoms with E-state index in [0.29, 0.717) is 5.56 Å². The van der Waals surface area contributed by atoms with E-state index in [2.05, 4.69) is 15.6 Å². The van der Waals surface area contributed by atoms with Crippen molar-refractivity contribution in [2.75, 3.05) is 5.32 Å². The number of nitrogens with zero attached hydrogens (tertiary/aromatic N) is 1. The van der Waals surface area contributed by atoms with Crippen LogP contribution in [0.15, 0.2) is 58.9 Å². The van der Waals surface area contributed by atoms with Gasteiger partial charge in [-0.15, -0.1) is 35.3 Å². The van der Waals surface area contributed by atoms with Crippen molar-refractivity contribution in [3.8, 4) is 5.75 Å². The minimum absolute atomic E-state index is 0. The zero-order valence-electron chi connectivity index (χ0n) is 21.5. The number of halogens is 1. The van der Waals surface area contributed by atoms with Crippen molar-refractivity contribution in [2.24, 2.45) is 4.99 Å². The first-order valence-corrected chi connectivity index (χ1v) is 12.4. The summed E-state index contributed by atoms with van der Waals surface area (Å²) >= 11 is 1.57. The van der Waals surface area contributed by atoms with Crippen LogP contribution in [0.3, 0.4) is 0 Å². The molecule has 3 rings (SSSR count). The van der Waals surface area contributed by atoms with Crippen LogP contribution in [0.5, 0.6) is 5.75 Å². The molecule has 0 aliphatic carbocycles. The van der Waals surface area contributed by atoms with Gasteiger partial charge in [0.2, 0.25) is 0 Å². The molecule has 188 valence electrons. The predicted octanol–water partition coefficient (Wildman–Crippen LogP) is 7.93. The van der Waals surface area contributed by atoms with Crippen molar-refractivity contribution in [2.45, 2.75) is 65.3 Å². The number of aliphatic imine (C=N–C) groups is 1. The van der Waals surface area contributed by atoms with E-state index >= 15 is 0 Å². The smallest absolute Gasteiger partial charge is 0.251 e. The highest BCUT2D eigenvalue weighted by molar-refractivity contribution is 14.0. The molecule has 1 atom stereocenters. The molecule has 0 spiro atoms. The SMILES string of the molecule is CC(NC(=O)c1cc(C(C)(C)C)c(O)c(C(C)(C)C)c1)c1ccccc1N/C=N/c1cccs1.I. The van der Waals surface area contributed by atoms with Crippen molar-refractivity contribution in [3.05, 3.63) is 76.2 Å². The maximum absolute atomic E-state index is 13.3. The molecular weight excluding hydrogens is 569 g/mol. The van der Waals surface area contributed by atoms with Gasteiger partial charge in [-0.1, -0.05) is 59.7 Å². The Balaban J connectivity index is 0.00000432. The Morgan fingerprint density at radius 3 is 2.14 bits per heavy atom. The number of phenolic OH excluding ortho intramolecular Hbond substituents is 1. The number of phenols is 1. The second kappa shape index (κ2) is 11.6. The Morgan fingerprint density at radius 1 is 1.00 bits per heavy atom. The average Bonchev–Trinajstić information content (AvgIpc) is 3.26. The highest BCUT2D eigenvalue weighted by Crippen LogP contribution is 2.40. The summed E-state index contributed by atoms with van der Waals surface area (Å²) in [5.74, 6) is 0.0923. The number of aromatic hydroxyl groups is 1. The standard InChI is InChI=1S/C28H35N3O2S.HI/c1-18(20-11-8-9-12-23(20)29-17-30-24-13-10-14-34-24)31-26(33)19-15-21(27(2,3)4)25(32)22(16-19)28(5,6)7;/h8-18,32H,1-7H3,(H,29,30)(H,31,33);1H. The molecule has 0 aliphatic rings. The molecule has 1 unspecified atom stereocenters. The van der Waals surface area contributed by atoms with Crippen molar-refractivity contribution in [3.63, 3.8) is 0 Å². The Labute approximate surface area is 230 Å². The van der Waals surface area contributed by atoms with E-state index in [4.69, 9.17) is 0 Å². The Morgan fingerprint density at radius 2 is 1.60 bits per heavy atom. The summed E-state index contributed by atoms with van der Waals surface area (Å²) in [5.41, 5.74) is 3.32. The van der Waals surface area contributed by atoms with Gasteiger partial charge in [-0.3, -0.25) is 4.79 Å². The van der Waals surface area contributed by atoms with Gasteiger partial charge in [0.15, 0.2) is 0 Å². The number of benzene rings is 2. The number of rotatable bonds is 6. The highest BCUT2D eigenvalue weighted by atomic mass is 127. The fourth-order valence-corrected chi connectivity index (χ4v) is 4.35. The molecule has 0 saturated heterocycles. The molecule has 0 fully saturated rings. The Hall–Kier alpha value is -2.39. The van der Waals surface area contributed by atoms with Crippen LogP contribution < -0.4 is 10.6 Å². The molecule has 3 N–H and O–H groups in total. The number of para-hydroxylation sites is 1. The molecule has 5 nitrogen and oxygen atoms in total. The number of carbonyl (C=O) groups is 1. The Bertz CT molecular complexity index is 1140. The molecule has 1 heterocycles. The van der Waals surface area contributed by atoms with Crippen LogP contribution in [0, 0.1) is 0 Å². The van der Waals surface area contributed by atoms with Gasteiger partial charge >= 0.3 is 0 Å². The molecule has 0 aliphatic heterocycles. The van der Waals surface area contributed by atoms with Gasteiger partial charge in [0, 0.05) is 22.4 Å². The van der Waals surface area contributed by atoms with Gasteiger partial charge in [-0.25, -0.2) is 4.99 Å². The summed E-state index contributed by atoms with van der Waals surface area (Å²) in [6.07, 6.45) is 1.67. The van der Waals surface area contributed by atoms with Gasteiger partial charge in [0.1, 0.15) is 10.8 Å².